The summed E-state index contributed by atoms with van der Waals surface area (Å²) in [6, 6.07) is 8.74. The molecule has 0 aliphatic rings. The molecule has 5 nitrogen and oxygen atoms in total. The van der Waals surface area contributed by atoms with Crippen LogP contribution < -0.4 is 4.74 Å². The van der Waals surface area contributed by atoms with Crippen molar-refractivity contribution in [1.29, 1.82) is 0 Å². The molecule has 110 valence electrons. The standard InChI is InChI=1S/C15H14BrNO4/c1-20-15(19)10-2-4-13(17-7-10)9-21-14-5-3-12(16)6-11(14)8-18/h2-7,18H,8-9H2,1H3. The van der Waals surface area contributed by atoms with E-state index in [9.17, 15) is 9.90 Å². The number of esters is 1. The zero-order valence-corrected chi connectivity index (χ0v) is 13.0. The summed E-state index contributed by atoms with van der Waals surface area (Å²) in [5.74, 6) is 0.171. The van der Waals surface area contributed by atoms with Crippen molar-refractivity contribution in [2.75, 3.05) is 7.11 Å². The third-order valence-corrected chi connectivity index (χ3v) is 3.31. The number of benzene rings is 1. The summed E-state index contributed by atoms with van der Waals surface area (Å²) in [5, 5.41) is 9.30. The molecule has 0 atom stereocenters. The molecule has 1 aromatic heterocycles. The highest BCUT2D eigenvalue weighted by molar-refractivity contribution is 9.10. The maximum Gasteiger partial charge on any atom is 0.339 e. The molecule has 0 bridgehead atoms. The number of carbonyl (C=O) groups is 1. The zero-order valence-electron chi connectivity index (χ0n) is 11.4. The van der Waals surface area contributed by atoms with Crippen LogP contribution in [0.1, 0.15) is 21.6 Å². The van der Waals surface area contributed by atoms with Crippen LogP contribution in [-0.2, 0) is 18.0 Å². The molecule has 0 radical (unpaired) electrons. The summed E-state index contributed by atoms with van der Waals surface area (Å²) in [5.41, 5.74) is 1.76. The van der Waals surface area contributed by atoms with E-state index in [-0.39, 0.29) is 13.2 Å². The number of rotatable bonds is 5. The van der Waals surface area contributed by atoms with Gasteiger partial charge in [0.15, 0.2) is 0 Å². The third kappa shape index (κ3) is 4.03. The number of aliphatic hydroxyl groups excluding tert-OH is 1. The van der Waals surface area contributed by atoms with E-state index in [1.807, 2.05) is 6.07 Å². The van der Waals surface area contributed by atoms with Crippen molar-refractivity contribution in [3.05, 3.63) is 57.8 Å². The fraction of sp³-hybridized carbons (Fsp3) is 0.200. The van der Waals surface area contributed by atoms with Gasteiger partial charge in [0.25, 0.3) is 0 Å². The molecule has 0 saturated heterocycles. The quantitative estimate of drug-likeness (QED) is 0.838. The third-order valence-electron chi connectivity index (χ3n) is 2.81. The van der Waals surface area contributed by atoms with Crippen LogP contribution in [-0.4, -0.2) is 23.2 Å². The lowest BCUT2D eigenvalue weighted by atomic mass is 10.2. The number of methoxy groups -OCH3 is 1. The van der Waals surface area contributed by atoms with Crippen LogP contribution in [0.3, 0.4) is 0 Å². The Bertz CT molecular complexity index is 628. The van der Waals surface area contributed by atoms with E-state index in [1.165, 1.54) is 13.3 Å². The minimum atomic E-state index is -0.426. The van der Waals surface area contributed by atoms with Crippen molar-refractivity contribution in [3.63, 3.8) is 0 Å². The first kappa shape index (κ1) is 15.5. The molecule has 0 saturated carbocycles. The number of carbonyl (C=O) groups excluding carboxylic acids is 1. The average Bonchev–Trinajstić information content (AvgIpc) is 2.53. The number of aliphatic hydroxyl groups is 1. The average molecular weight is 352 g/mol. The van der Waals surface area contributed by atoms with Gasteiger partial charge in [-0.15, -0.1) is 0 Å². The van der Waals surface area contributed by atoms with Gasteiger partial charge in [-0.1, -0.05) is 15.9 Å². The predicted molar refractivity (Wildman–Crippen MR) is 80.0 cm³/mol. The Labute approximate surface area is 130 Å². The second-order valence-corrected chi connectivity index (χ2v) is 5.14. The van der Waals surface area contributed by atoms with Gasteiger partial charge in [-0.2, -0.15) is 0 Å². The summed E-state index contributed by atoms with van der Waals surface area (Å²) in [4.78, 5) is 15.4. The Balaban J connectivity index is 2.05. The SMILES string of the molecule is COC(=O)c1ccc(COc2ccc(Br)cc2CO)nc1. The molecule has 1 heterocycles. The van der Waals surface area contributed by atoms with Gasteiger partial charge in [0.05, 0.1) is 25.0 Å². The molecule has 0 aliphatic carbocycles. The van der Waals surface area contributed by atoms with Gasteiger partial charge in [-0.25, -0.2) is 4.79 Å². The molecule has 0 amide bonds. The van der Waals surface area contributed by atoms with E-state index in [4.69, 9.17) is 4.74 Å². The highest BCUT2D eigenvalue weighted by Crippen LogP contribution is 2.24. The molecule has 6 heteroatoms. The maximum atomic E-state index is 11.3. The maximum absolute atomic E-state index is 11.3. The van der Waals surface area contributed by atoms with Crippen LogP contribution in [0.4, 0.5) is 0 Å². The topological polar surface area (TPSA) is 68.7 Å². The second kappa shape index (κ2) is 7.19. The molecule has 2 rings (SSSR count). The Morgan fingerprint density at radius 1 is 1.33 bits per heavy atom. The van der Waals surface area contributed by atoms with Crippen molar-refractivity contribution in [2.45, 2.75) is 13.2 Å². The van der Waals surface area contributed by atoms with Crippen molar-refractivity contribution in [3.8, 4) is 5.75 Å². The van der Waals surface area contributed by atoms with E-state index in [0.717, 1.165) is 4.47 Å². The number of halogens is 1. The van der Waals surface area contributed by atoms with Crippen molar-refractivity contribution < 1.29 is 19.4 Å². The molecular weight excluding hydrogens is 338 g/mol. The largest absolute Gasteiger partial charge is 0.487 e. The molecule has 0 unspecified atom stereocenters. The summed E-state index contributed by atoms with van der Waals surface area (Å²) in [7, 11) is 1.32. The minimum absolute atomic E-state index is 0.108. The van der Waals surface area contributed by atoms with Crippen molar-refractivity contribution in [2.24, 2.45) is 0 Å². The lowest BCUT2D eigenvalue weighted by Crippen LogP contribution is -2.04. The fourth-order valence-corrected chi connectivity index (χ4v) is 2.12. The Kier molecular flexibility index (Phi) is 5.30. The van der Waals surface area contributed by atoms with E-state index in [2.05, 4.69) is 25.7 Å². The number of ether oxygens (including phenoxy) is 2. The molecule has 21 heavy (non-hydrogen) atoms. The number of nitrogens with zero attached hydrogens (tertiary/aromatic N) is 1. The predicted octanol–water partition coefficient (Wildman–Crippen LogP) is 2.70. The van der Waals surface area contributed by atoms with Gasteiger partial charge in [-0.05, 0) is 30.3 Å². The molecule has 1 aromatic carbocycles. The van der Waals surface area contributed by atoms with Gasteiger partial charge in [0.1, 0.15) is 12.4 Å². The number of hydrogen-bond donors (Lipinski definition) is 1. The normalized spacial score (nSPS) is 10.2. The Morgan fingerprint density at radius 3 is 2.76 bits per heavy atom. The van der Waals surface area contributed by atoms with E-state index in [0.29, 0.717) is 22.6 Å². The van der Waals surface area contributed by atoms with Crippen LogP contribution in [0.2, 0.25) is 0 Å². The smallest absolute Gasteiger partial charge is 0.339 e. The van der Waals surface area contributed by atoms with Crippen molar-refractivity contribution >= 4 is 21.9 Å². The highest BCUT2D eigenvalue weighted by atomic mass is 79.9. The van der Waals surface area contributed by atoms with E-state index in [1.54, 1.807) is 24.3 Å². The highest BCUT2D eigenvalue weighted by Gasteiger charge is 2.07. The lowest BCUT2D eigenvalue weighted by Gasteiger charge is -2.10. The number of aromatic nitrogens is 1. The van der Waals surface area contributed by atoms with Crippen LogP contribution in [0.25, 0.3) is 0 Å². The molecule has 1 N–H and O–H groups in total. The summed E-state index contributed by atoms with van der Waals surface area (Å²) in [6.45, 7) is 0.138. The van der Waals surface area contributed by atoms with Gasteiger partial charge in [0, 0.05) is 16.2 Å². The summed E-state index contributed by atoms with van der Waals surface area (Å²) < 4.78 is 11.1. The Morgan fingerprint density at radius 2 is 2.14 bits per heavy atom. The molecular formula is C15H14BrNO4. The van der Waals surface area contributed by atoms with Crippen LogP contribution in [0.5, 0.6) is 5.75 Å². The molecule has 2 aromatic rings. The van der Waals surface area contributed by atoms with E-state index >= 15 is 0 Å². The first-order valence-corrected chi connectivity index (χ1v) is 6.98. The monoisotopic (exact) mass is 351 g/mol. The first-order valence-electron chi connectivity index (χ1n) is 6.19. The first-order chi connectivity index (χ1) is 10.1. The molecule has 0 fully saturated rings. The summed E-state index contributed by atoms with van der Waals surface area (Å²) in [6.07, 6.45) is 1.44. The summed E-state index contributed by atoms with van der Waals surface area (Å²) >= 11 is 3.34. The van der Waals surface area contributed by atoms with Gasteiger partial charge < -0.3 is 14.6 Å². The molecule has 0 aliphatic heterocycles. The van der Waals surface area contributed by atoms with E-state index < -0.39 is 5.97 Å². The lowest BCUT2D eigenvalue weighted by molar-refractivity contribution is 0.0600. The fourth-order valence-electron chi connectivity index (χ4n) is 1.71. The molecule has 0 spiro atoms. The van der Waals surface area contributed by atoms with Gasteiger partial charge in [-0.3, -0.25) is 4.98 Å². The zero-order chi connectivity index (χ0) is 15.2. The second-order valence-electron chi connectivity index (χ2n) is 4.23. The minimum Gasteiger partial charge on any atom is -0.487 e. The van der Waals surface area contributed by atoms with Crippen LogP contribution >= 0.6 is 15.9 Å². The van der Waals surface area contributed by atoms with Crippen LogP contribution in [0.15, 0.2) is 41.0 Å². The number of pyridine rings is 1. The van der Waals surface area contributed by atoms with Crippen molar-refractivity contribution in [1.82, 2.24) is 4.98 Å². The van der Waals surface area contributed by atoms with Crippen LogP contribution in [0, 0.1) is 0 Å². The van der Waals surface area contributed by atoms with Gasteiger partial charge in [0.2, 0.25) is 0 Å². The number of hydrogen-bond acceptors (Lipinski definition) is 5. The Hall–Kier alpha value is -1.92. The van der Waals surface area contributed by atoms with Gasteiger partial charge >= 0.3 is 5.97 Å².